The predicted octanol–water partition coefficient (Wildman–Crippen LogP) is 3.57. The van der Waals surface area contributed by atoms with Gasteiger partial charge in [-0.15, -0.1) is 0 Å². The summed E-state index contributed by atoms with van der Waals surface area (Å²) in [5.41, 5.74) is 5.18. The second-order valence-electron chi connectivity index (χ2n) is 6.43. The molecule has 23 heavy (non-hydrogen) atoms. The van der Waals surface area contributed by atoms with Crippen LogP contribution in [0.25, 0.3) is 11.1 Å². The second kappa shape index (κ2) is 6.09. The minimum Gasteiger partial charge on any atom is -0.354 e. The zero-order valence-corrected chi connectivity index (χ0v) is 13.6. The molecule has 3 heteroatoms. The highest BCUT2D eigenvalue weighted by Crippen LogP contribution is 2.27. The van der Waals surface area contributed by atoms with Crippen molar-refractivity contribution in [2.75, 3.05) is 24.7 Å². The van der Waals surface area contributed by atoms with E-state index in [1.807, 2.05) is 0 Å². The number of benzene rings is 2. The fraction of sp³-hybridized carbons (Fsp3) is 0.300. The average molecular weight is 305 g/mol. The summed E-state index contributed by atoms with van der Waals surface area (Å²) in [7, 11) is 0. The number of hydrogen-bond acceptors (Lipinski definition) is 3. The van der Waals surface area contributed by atoms with E-state index in [1.165, 1.54) is 28.8 Å². The highest BCUT2D eigenvalue weighted by Gasteiger charge is 2.24. The lowest BCUT2D eigenvalue weighted by molar-refractivity contribution is 0.315. The molecule has 1 fully saturated rings. The van der Waals surface area contributed by atoms with Crippen LogP contribution in [-0.4, -0.2) is 30.7 Å². The van der Waals surface area contributed by atoms with Gasteiger partial charge in [-0.3, -0.25) is 0 Å². The molecule has 2 heterocycles. The van der Waals surface area contributed by atoms with Crippen LogP contribution in [0.3, 0.4) is 0 Å². The van der Waals surface area contributed by atoms with Crippen LogP contribution in [-0.2, 0) is 0 Å². The third-order valence-corrected chi connectivity index (χ3v) is 4.91. The van der Waals surface area contributed by atoms with Crippen molar-refractivity contribution < 1.29 is 0 Å². The van der Waals surface area contributed by atoms with Gasteiger partial charge in [-0.2, -0.15) is 0 Å². The topological polar surface area (TPSA) is 18.5 Å². The van der Waals surface area contributed by atoms with Gasteiger partial charge in [0.1, 0.15) is 0 Å². The fourth-order valence-electron chi connectivity index (χ4n) is 3.49. The van der Waals surface area contributed by atoms with E-state index in [2.05, 4.69) is 83.0 Å². The normalized spacial score (nSPS) is 20.5. The Morgan fingerprint density at radius 3 is 2.57 bits per heavy atom. The number of aryl methyl sites for hydroxylation is 1. The van der Waals surface area contributed by atoms with Gasteiger partial charge in [0.15, 0.2) is 0 Å². The van der Waals surface area contributed by atoms with Gasteiger partial charge >= 0.3 is 0 Å². The highest BCUT2D eigenvalue weighted by atomic mass is 15.4. The summed E-state index contributed by atoms with van der Waals surface area (Å²) in [5.74, 6) is 0. The van der Waals surface area contributed by atoms with Crippen molar-refractivity contribution in [3.8, 4) is 11.1 Å². The first-order chi connectivity index (χ1) is 11.3. The van der Waals surface area contributed by atoms with E-state index in [4.69, 9.17) is 0 Å². The summed E-state index contributed by atoms with van der Waals surface area (Å²) >= 11 is 0. The standard InChI is InChI=1S/C20H23N3/c1-16-4-2-3-5-20(16)17-6-8-18(9-7-17)22-12-13-23(15-22)19-10-11-21-14-19/h2-9,12-13,19,21H,10-11,14-15H2,1H3/t19-/m0/s1. The van der Waals surface area contributed by atoms with E-state index in [0.29, 0.717) is 6.04 Å². The number of rotatable bonds is 3. The summed E-state index contributed by atoms with van der Waals surface area (Å²) < 4.78 is 0. The molecule has 1 N–H and O–H groups in total. The molecular formula is C20H23N3. The molecule has 0 amide bonds. The Labute approximate surface area is 138 Å². The lowest BCUT2D eigenvalue weighted by Gasteiger charge is -2.26. The first kappa shape index (κ1) is 14.3. The molecule has 0 saturated carbocycles. The zero-order valence-electron chi connectivity index (χ0n) is 13.6. The molecule has 0 aromatic heterocycles. The van der Waals surface area contributed by atoms with E-state index < -0.39 is 0 Å². The van der Waals surface area contributed by atoms with E-state index in [-0.39, 0.29) is 0 Å². The monoisotopic (exact) mass is 305 g/mol. The van der Waals surface area contributed by atoms with Gasteiger partial charge in [-0.1, -0.05) is 36.4 Å². The van der Waals surface area contributed by atoms with Crippen LogP contribution >= 0.6 is 0 Å². The number of nitrogens with zero attached hydrogens (tertiary/aromatic N) is 2. The summed E-state index contributed by atoms with van der Waals surface area (Å²) in [6, 6.07) is 18.1. The fourth-order valence-corrected chi connectivity index (χ4v) is 3.49. The van der Waals surface area contributed by atoms with Crippen molar-refractivity contribution in [3.63, 3.8) is 0 Å². The molecule has 1 saturated heterocycles. The summed E-state index contributed by atoms with van der Waals surface area (Å²) in [6.45, 7) is 5.36. The number of hydrogen-bond donors (Lipinski definition) is 1. The maximum Gasteiger partial charge on any atom is 0.0945 e. The van der Waals surface area contributed by atoms with Gasteiger partial charge in [-0.25, -0.2) is 0 Å². The molecule has 1 atom stereocenters. The predicted molar refractivity (Wildman–Crippen MR) is 96.2 cm³/mol. The van der Waals surface area contributed by atoms with Gasteiger partial charge in [0.05, 0.1) is 6.67 Å². The van der Waals surface area contributed by atoms with Crippen molar-refractivity contribution >= 4 is 5.69 Å². The van der Waals surface area contributed by atoms with E-state index in [0.717, 1.165) is 19.8 Å². The quantitative estimate of drug-likeness (QED) is 0.935. The molecular weight excluding hydrogens is 282 g/mol. The van der Waals surface area contributed by atoms with Crippen LogP contribution in [0.5, 0.6) is 0 Å². The minimum atomic E-state index is 0.641. The Balaban J connectivity index is 1.49. The molecule has 2 aromatic rings. The van der Waals surface area contributed by atoms with E-state index in [9.17, 15) is 0 Å². The molecule has 0 unspecified atom stereocenters. The third-order valence-electron chi connectivity index (χ3n) is 4.91. The molecule has 118 valence electrons. The van der Waals surface area contributed by atoms with Crippen molar-refractivity contribution in [1.82, 2.24) is 10.2 Å². The van der Waals surface area contributed by atoms with Crippen LogP contribution in [0.1, 0.15) is 12.0 Å². The van der Waals surface area contributed by atoms with Crippen LogP contribution in [0.15, 0.2) is 60.9 Å². The molecule has 2 aliphatic heterocycles. The van der Waals surface area contributed by atoms with Crippen molar-refractivity contribution in [1.29, 1.82) is 0 Å². The summed E-state index contributed by atoms with van der Waals surface area (Å²) in [6.07, 6.45) is 5.67. The maximum absolute atomic E-state index is 3.44. The highest BCUT2D eigenvalue weighted by molar-refractivity contribution is 5.69. The Hall–Kier alpha value is -2.26. The Bertz CT molecular complexity index is 699. The Kier molecular flexibility index (Phi) is 3.80. The molecule has 0 bridgehead atoms. The Morgan fingerprint density at radius 1 is 1.00 bits per heavy atom. The lowest BCUT2D eigenvalue weighted by Crippen LogP contribution is -2.35. The molecule has 3 nitrogen and oxygen atoms in total. The van der Waals surface area contributed by atoms with Gasteiger partial charge < -0.3 is 15.1 Å². The first-order valence-electron chi connectivity index (χ1n) is 8.39. The number of nitrogens with one attached hydrogen (secondary N) is 1. The smallest absolute Gasteiger partial charge is 0.0945 e. The zero-order chi connectivity index (χ0) is 15.6. The van der Waals surface area contributed by atoms with E-state index in [1.54, 1.807) is 0 Å². The molecule has 2 aromatic carbocycles. The van der Waals surface area contributed by atoms with Crippen molar-refractivity contribution in [2.24, 2.45) is 0 Å². The molecule has 0 spiro atoms. The van der Waals surface area contributed by atoms with Crippen LogP contribution in [0, 0.1) is 6.92 Å². The maximum atomic E-state index is 3.44. The minimum absolute atomic E-state index is 0.641. The SMILES string of the molecule is Cc1ccccc1-c1ccc(N2C=CN([C@H]3CCNC3)C2)cc1. The third kappa shape index (κ3) is 2.84. The Morgan fingerprint density at radius 2 is 1.83 bits per heavy atom. The summed E-state index contributed by atoms with van der Waals surface area (Å²) in [5, 5.41) is 3.44. The second-order valence-corrected chi connectivity index (χ2v) is 6.43. The van der Waals surface area contributed by atoms with Gasteiger partial charge in [0.25, 0.3) is 0 Å². The lowest BCUT2D eigenvalue weighted by atomic mass is 10.0. The van der Waals surface area contributed by atoms with Crippen molar-refractivity contribution in [2.45, 2.75) is 19.4 Å². The molecule has 2 aliphatic rings. The largest absolute Gasteiger partial charge is 0.354 e. The molecule has 0 radical (unpaired) electrons. The molecule has 4 rings (SSSR count). The van der Waals surface area contributed by atoms with Gasteiger partial charge in [0.2, 0.25) is 0 Å². The number of anilines is 1. The summed E-state index contributed by atoms with van der Waals surface area (Å²) in [4.78, 5) is 4.76. The van der Waals surface area contributed by atoms with E-state index >= 15 is 0 Å². The van der Waals surface area contributed by atoms with Gasteiger partial charge in [-0.05, 0) is 48.7 Å². The average Bonchev–Trinajstić information content (AvgIpc) is 3.27. The van der Waals surface area contributed by atoms with Crippen molar-refractivity contribution in [3.05, 3.63) is 66.5 Å². The van der Waals surface area contributed by atoms with Crippen LogP contribution in [0.2, 0.25) is 0 Å². The van der Waals surface area contributed by atoms with Gasteiger partial charge in [0, 0.05) is 30.7 Å². The first-order valence-corrected chi connectivity index (χ1v) is 8.39. The van der Waals surface area contributed by atoms with Crippen LogP contribution < -0.4 is 10.2 Å². The van der Waals surface area contributed by atoms with Crippen LogP contribution in [0.4, 0.5) is 5.69 Å². The molecule has 0 aliphatic carbocycles.